The molecule has 0 spiro atoms. The molecule has 1 saturated heterocycles. The molecule has 3 heterocycles. The Morgan fingerprint density at radius 2 is 2.35 bits per heavy atom. The molecule has 1 aliphatic heterocycles. The van der Waals surface area contributed by atoms with Crippen LogP contribution in [0.3, 0.4) is 0 Å². The lowest BCUT2D eigenvalue weighted by Crippen LogP contribution is -2.39. The number of hydrogen-bond acceptors (Lipinski definition) is 6. The summed E-state index contributed by atoms with van der Waals surface area (Å²) < 4.78 is 10.8. The number of nitrogens with zero attached hydrogens (tertiary/aromatic N) is 3. The van der Waals surface area contributed by atoms with Crippen LogP contribution in [0, 0.1) is 6.92 Å². The summed E-state index contributed by atoms with van der Waals surface area (Å²) in [6, 6.07) is 4.06. The minimum Gasteiger partial charge on any atom is -0.368 e. The predicted octanol–water partition coefficient (Wildman–Crippen LogP) is 3.80. The first-order valence-corrected chi connectivity index (χ1v) is 9.99. The average molecular weight is 378 g/mol. The van der Waals surface area contributed by atoms with E-state index in [4.69, 9.17) is 9.26 Å². The van der Waals surface area contributed by atoms with Crippen LogP contribution in [0.15, 0.2) is 16.7 Å². The molecular weight excluding hydrogens is 352 g/mol. The third-order valence-electron chi connectivity index (χ3n) is 4.30. The molecule has 0 bridgehead atoms. The lowest BCUT2D eigenvalue weighted by molar-refractivity contribution is 0.0835. The second kappa shape index (κ2) is 9.14. The zero-order chi connectivity index (χ0) is 18.4. The number of aromatic nitrogens is 2. The first-order valence-electron chi connectivity index (χ1n) is 9.18. The summed E-state index contributed by atoms with van der Waals surface area (Å²) in [6.07, 6.45) is 3.83. The fraction of sp³-hybridized carbons (Fsp3) is 0.611. The lowest BCUT2D eigenvalue weighted by Gasteiger charge is -2.22. The Morgan fingerprint density at radius 3 is 3.04 bits per heavy atom. The minimum absolute atomic E-state index is 0.102. The molecule has 0 radical (unpaired) electrons. The van der Waals surface area contributed by atoms with Gasteiger partial charge in [0, 0.05) is 22.9 Å². The molecule has 1 fully saturated rings. The molecule has 2 aromatic rings. The fourth-order valence-corrected chi connectivity index (χ4v) is 3.77. The van der Waals surface area contributed by atoms with E-state index in [1.165, 1.54) is 9.75 Å². The highest BCUT2D eigenvalue weighted by atomic mass is 32.1. The molecule has 7 nitrogen and oxygen atoms in total. The summed E-state index contributed by atoms with van der Waals surface area (Å²) in [6.45, 7) is 6.53. The van der Waals surface area contributed by atoms with Crippen molar-refractivity contribution in [3.63, 3.8) is 0 Å². The Morgan fingerprint density at radius 1 is 1.46 bits per heavy atom. The summed E-state index contributed by atoms with van der Waals surface area (Å²) in [7, 11) is 0. The molecule has 1 aliphatic rings. The number of carbonyl (C=O) groups excluding carboxylic acids is 1. The smallest absolute Gasteiger partial charge is 0.318 e. The third-order valence-corrected chi connectivity index (χ3v) is 5.28. The quantitative estimate of drug-likeness (QED) is 0.756. The molecule has 26 heavy (non-hydrogen) atoms. The Hall–Kier alpha value is -1.93. The highest BCUT2D eigenvalue weighted by molar-refractivity contribution is 7.11. The van der Waals surface area contributed by atoms with Gasteiger partial charge in [0.15, 0.2) is 5.82 Å². The standard InChI is InChI=1S/C18H26N4O3S/c1-3-4-9-22(12-14-8-7-13(2)26-14)18(23)19-11-16-20-17(25-21-16)15-6-5-10-24-15/h7-8,15H,3-6,9-12H2,1-2H3,(H,19,23). The summed E-state index contributed by atoms with van der Waals surface area (Å²) in [5.74, 6) is 0.981. The second-order valence-corrected chi connectivity index (χ2v) is 7.87. The Bertz CT molecular complexity index is 709. The predicted molar refractivity (Wildman–Crippen MR) is 98.8 cm³/mol. The average Bonchev–Trinajstić information content (AvgIpc) is 3.37. The number of rotatable bonds is 8. The van der Waals surface area contributed by atoms with Crippen LogP contribution in [-0.4, -0.2) is 34.2 Å². The number of hydrogen-bond donors (Lipinski definition) is 1. The van der Waals surface area contributed by atoms with Gasteiger partial charge in [-0.1, -0.05) is 18.5 Å². The van der Waals surface area contributed by atoms with Gasteiger partial charge in [-0.05, 0) is 38.3 Å². The fourth-order valence-electron chi connectivity index (χ4n) is 2.87. The molecule has 0 aliphatic carbocycles. The van der Waals surface area contributed by atoms with E-state index in [0.29, 0.717) is 18.3 Å². The van der Waals surface area contributed by atoms with Crippen LogP contribution in [0.4, 0.5) is 4.79 Å². The van der Waals surface area contributed by atoms with Crippen LogP contribution in [0.1, 0.15) is 60.2 Å². The summed E-state index contributed by atoms with van der Waals surface area (Å²) >= 11 is 1.72. The van der Waals surface area contributed by atoms with Crippen molar-refractivity contribution in [1.29, 1.82) is 0 Å². The molecule has 0 aromatic carbocycles. The second-order valence-electron chi connectivity index (χ2n) is 6.50. The molecular formula is C18H26N4O3S. The first-order chi connectivity index (χ1) is 12.7. The highest BCUT2D eigenvalue weighted by Crippen LogP contribution is 2.26. The highest BCUT2D eigenvalue weighted by Gasteiger charge is 2.24. The van der Waals surface area contributed by atoms with Gasteiger partial charge in [-0.15, -0.1) is 11.3 Å². The SMILES string of the molecule is CCCCN(Cc1ccc(C)s1)C(=O)NCc1noc(C2CCCO2)n1. The maximum absolute atomic E-state index is 12.6. The minimum atomic E-state index is -0.104. The maximum Gasteiger partial charge on any atom is 0.318 e. The van der Waals surface area contributed by atoms with Crippen molar-refractivity contribution in [3.8, 4) is 0 Å². The van der Waals surface area contributed by atoms with E-state index < -0.39 is 0 Å². The van der Waals surface area contributed by atoms with Crippen LogP contribution in [0.5, 0.6) is 0 Å². The van der Waals surface area contributed by atoms with Crippen molar-refractivity contribution in [1.82, 2.24) is 20.4 Å². The maximum atomic E-state index is 12.6. The third kappa shape index (κ3) is 5.04. The van der Waals surface area contributed by atoms with Gasteiger partial charge in [0.1, 0.15) is 6.10 Å². The lowest BCUT2D eigenvalue weighted by atomic mass is 10.2. The molecule has 3 rings (SSSR count). The van der Waals surface area contributed by atoms with Crippen molar-refractivity contribution in [2.24, 2.45) is 0 Å². The zero-order valence-electron chi connectivity index (χ0n) is 15.4. The molecule has 2 amide bonds. The van der Waals surface area contributed by atoms with Gasteiger partial charge in [0.2, 0.25) is 0 Å². The van der Waals surface area contributed by atoms with E-state index in [9.17, 15) is 4.79 Å². The van der Waals surface area contributed by atoms with Crippen molar-refractivity contribution >= 4 is 17.4 Å². The topological polar surface area (TPSA) is 80.5 Å². The van der Waals surface area contributed by atoms with E-state index >= 15 is 0 Å². The Kier molecular flexibility index (Phi) is 6.62. The number of urea groups is 1. The molecule has 142 valence electrons. The largest absolute Gasteiger partial charge is 0.368 e. The van der Waals surface area contributed by atoms with Crippen molar-refractivity contribution in [2.45, 2.75) is 58.7 Å². The van der Waals surface area contributed by atoms with Crippen molar-refractivity contribution in [2.75, 3.05) is 13.2 Å². The van der Waals surface area contributed by atoms with Gasteiger partial charge < -0.3 is 19.5 Å². The van der Waals surface area contributed by atoms with Gasteiger partial charge >= 0.3 is 6.03 Å². The normalized spacial score (nSPS) is 16.8. The number of ether oxygens (including phenoxy) is 1. The number of nitrogens with one attached hydrogen (secondary N) is 1. The van der Waals surface area contributed by atoms with Crippen molar-refractivity contribution < 1.29 is 14.1 Å². The molecule has 2 aromatic heterocycles. The molecule has 1 atom stereocenters. The number of unbranched alkanes of at least 4 members (excludes halogenated alkanes) is 1. The van der Waals surface area contributed by atoms with E-state index in [2.05, 4.69) is 41.4 Å². The van der Waals surface area contributed by atoms with E-state index in [1.54, 1.807) is 11.3 Å². The number of thiophene rings is 1. The van der Waals surface area contributed by atoms with E-state index in [-0.39, 0.29) is 18.7 Å². The van der Waals surface area contributed by atoms with Crippen LogP contribution < -0.4 is 5.32 Å². The van der Waals surface area contributed by atoms with E-state index in [1.807, 2.05) is 4.90 Å². The molecule has 0 saturated carbocycles. The Balaban J connectivity index is 1.54. The number of carbonyl (C=O) groups is 1. The van der Waals surface area contributed by atoms with Gasteiger partial charge in [-0.25, -0.2) is 4.79 Å². The molecule has 1 N–H and O–H groups in total. The van der Waals surface area contributed by atoms with E-state index in [0.717, 1.165) is 38.8 Å². The molecule has 8 heteroatoms. The summed E-state index contributed by atoms with van der Waals surface area (Å²) in [5.41, 5.74) is 0. The van der Waals surface area contributed by atoms with Crippen LogP contribution in [0.2, 0.25) is 0 Å². The van der Waals surface area contributed by atoms with Crippen molar-refractivity contribution in [3.05, 3.63) is 33.6 Å². The van der Waals surface area contributed by atoms with Crippen LogP contribution in [-0.2, 0) is 17.8 Å². The van der Waals surface area contributed by atoms with Gasteiger partial charge in [0.25, 0.3) is 5.89 Å². The Labute approximate surface area is 157 Å². The zero-order valence-corrected chi connectivity index (χ0v) is 16.2. The number of amides is 2. The van der Waals surface area contributed by atoms with Crippen LogP contribution in [0.25, 0.3) is 0 Å². The summed E-state index contributed by atoms with van der Waals surface area (Å²) in [5, 5.41) is 6.85. The van der Waals surface area contributed by atoms with Gasteiger partial charge in [-0.3, -0.25) is 0 Å². The summed E-state index contributed by atoms with van der Waals surface area (Å²) in [4.78, 5) is 21.2. The monoisotopic (exact) mass is 378 g/mol. The van der Waals surface area contributed by atoms with Gasteiger partial charge in [0.05, 0.1) is 13.1 Å². The number of aryl methyl sites for hydroxylation is 1. The first kappa shape index (κ1) is 18.8. The van der Waals surface area contributed by atoms with Gasteiger partial charge in [-0.2, -0.15) is 4.98 Å². The van der Waals surface area contributed by atoms with Crippen LogP contribution >= 0.6 is 11.3 Å². The molecule has 1 unspecified atom stereocenters.